The van der Waals surface area contributed by atoms with Gasteiger partial charge in [-0.05, 0) is 36.6 Å². The molecule has 0 saturated heterocycles. The minimum Gasteiger partial charge on any atom is -0.310 e. The molecule has 8 nitrogen and oxygen atoms in total. The van der Waals surface area contributed by atoms with Crippen LogP contribution in [0.2, 0.25) is 0 Å². The standard InChI is InChI=1S/C21H26FN5O3/c1-2-6-18(26-23)25-19(28)17(11-13-7-4-3-5-8-13)27-20(29)15-12-14(22)9-10-16(15)24-21(27)30/h2,6,9-10,12-13,17,26H,1,3-5,7-8,11,23H2,(H,24,30)(H,25,28)/b18-6-. The van der Waals surface area contributed by atoms with Crippen LogP contribution in [0.4, 0.5) is 4.39 Å². The number of fused-ring (bicyclic) bond motifs is 1. The Hall–Kier alpha value is -3.20. The molecule has 3 rings (SSSR count). The number of nitrogens with one attached hydrogen (secondary N) is 3. The molecule has 1 amide bonds. The fraction of sp³-hybridized carbons (Fsp3) is 0.381. The average molecular weight is 415 g/mol. The summed E-state index contributed by atoms with van der Waals surface area (Å²) >= 11 is 0. The summed E-state index contributed by atoms with van der Waals surface area (Å²) in [5.74, 6) is 4.64. The summed E-state index contributed by atoms with van der Waals surface area (Å²) in [5.41, 5.74) is 1.14. The lowest BCUT2D eigenvalue weighted by molar-refractivity contribution is -0.124. The number of aromatic amines is 1. The maximum atomic E-state index is 13.7. The number of halogens is 1. The van der Waals surface area contributed by atoms with E-state index in [0.717, 1.165) is 48.8 Å². The number of amides is 1. The number of aromatic nitrogens is 2. The molecule has 0 radical (unpaired) electrons. The van der Waals surface area contributed by atoms with Gasteiger partial charge in [0.1, 0.15) is 17.7 Å². The third kappa shape index (κ3) is 4.68. The van der Waals surface area contributed by atoms with Gasteiger partial charge in [-0.15, -0.1) is 0 Å². The second-order valence-corrected chi connectivity index (χ2v) is 7.50. The average Bonchev–Trinajstić information content (AvgIpc) is 2.74. The van der Waals surface area contributed by atoms with E-state index in [-0.39, 0.29) is 22.6 Å². The Morgan fingerprint density at radius 1 is 1.33 bits per heavy atom. The fourth-order valence-corrected chi connectivity index (χ4v) is 4.01. The number of nitrogens with two attached hydrogens (primary N) is 1. The van der Waals surface area contributed by atoms with Crippen molar-refractivity contribution in [1.82, 2.24) is 20.3 Å². The van der Waals surface area contributed by atoms with E-state index in [1.54, 1.807) is 0 Å². The Morgan fingerprint density at radius 3 is 2.73 bits per heavy atom. The molecule has 1 aromatic heterocycles. The number of allylic oxidation sites excluding steroid dienone is 2. The highest BCUT2D eigenvalue weighted by molar-refractivity contribution is 5.83. The molecule has 9 heteroatoms. The van der Waals surface area contributed by atoms with Gasteiger partial charge in [-0.25, -0.2) is 19.6 Å². The number of carbonyl (C=O) groups is 1. The zero-order valence-electron chi connectivity index (χ0n) is 16.6. The van der Waals surface area contributed by atoms with Crippen molar-refractivity contribution in [2.24, 2.45) is 11.8 Å². The van der Waals surface area contributed by atoms with Crippen LogP contribution in [-0.4, -0.2) is 15.5 Å². The summed E-state index contributed by atoms with van der Waals surface area (Å²) in [6.45, 7) is 3.55. The summed E-state index contributed by atoms with van der Waals surface area (Å²) in [6.07, 6.45) is 8.26. The van der Waals surface area contributed by atoms with Gasteiger partial charge in [0.2, 0.25) is 5.91 Å². The molecule has 1 fully saturated rings. The first-order valence-electron chi connectivity index (χ1n) is 9.99. The normalized spacial score (nSPS) is 16.3. The second-order valence-electron chi connectivity index (χ2n) is 7.50. The molecule has 0 spiro atoms. The SMILES string of the molecule is C=C/C=C(\NN)NC(=O)C(CC1CCCCC1)n1c(=O)[nH]c2ccc(F)cc2c1=O. The third-order valence-corrected chi connectivity index (χ3v) is 5.48. The van der Waals surface area contributed by atoms with Crippen molar-refractivity contribution in [3.63, 3.8) is 0 Å². The lowest BCUT2D eigenvalue weighted by Crippen LogP contribution is -2.46. The van der Waals surface area contributed by atoms with Gasteiger partial charge in [-0.1, -0.05) is 44.8 Å². The van der Waals surface area contributed by atoms with Crippen molar-refractivity contribution in [2.45, 2.75) is 44.6 Å². The van der Waals surface area contributed by atoms with E-state index in [0.29, 0.717) is 6.42 Å². The van der Waals surface area contributed by atoms with E-state index < -0.39 is 29.0 Å². The minimum atomic E-state index is -1.07. The molecule has 1 unspecified atom stereocenters. The van der Waals surface area contributed by atoms with E-state index in [9.17, 15) is 18.8 Å². The predicted octanol–water partition coefficient (Wildman–Crippen LogP) is 1.95. The smallest absolute Gasteiger partial charge is 0.310 e. The Kier molecular flexibility index (Phi) is 6.83. The molecule has 1 aliphatic carbocycles. The predicted molar refractivity (Wildman–Crippen MR) is 113 cm³/mol. The van der Waals surface area contributed by atoms with Gasteiger partial charge >= 0.3 is 5.69 Å². The molecule has 0 bridgehead atoms. The lowest BCUT2D eigenvalue weighted by atomic mass is 9.84. The molecule has 0 aliphatic heterocycles. The monoisotopic (exact) mass is 415 g/mol. The van der Waals surface area contributed by atoms with Gasteiger partial charge < -0.3 is 15.7 Å². The third-order valence-electron chi connectivity index (χ3n) is 5.48. The molecular formula is C21H26FN5O3. The van der Waals surface area contributed by atoms with E-state index in [4.69, 9.17) is 5.84 Å². The van der Waals surface area contributed by atoms with Crippen LogP contribution in [0.5, 0.6) is 0 Å². The van der Waals surface area contributed by atoms with Crippen LogP contribution in [0.1, 0.15) is 44.6 Å². The first kappa shape index (κ1) is 21.5. The zero-order chi connectivity index (χ0) is 21.7. The molecule has 30 heavy (non-hydrogen) atoms. The number of hydrogen-bond donors (Lipinski definition) is 4. The molecular weight excluding hydrogens is 389 g/mol. The number of nitrogens with zero attached hydrogens (tertiary/aromatic N) is 1. The van der Waals surface area contributed by atoms with Crippen LogP contribution in [0.25, 0.3) is 10.9 Å². The molecule has 1 atom stereocenters. The summed E-state index contributed by atoms with van der Waals surface area (Å²) in [4.78, 5) is 41.5. The molecule has 1 saturated carbocycles. The van der Waals surface area contributed by atoms with Crippen molar-refractivity contribution >= 4 is 16.8 Å². The maximum absolute atomic E-state index is 13.7. The van der Waals surface area contributed by atoms with Gasteiger partial charge in [0.15, 0.2) is 0 Å². The van der Waals surface area contributed by atoms with E-state index in [1.807, 2.05) is 0 Å². The van der Waals surface area contributed by atoms with Crippen molar-refractivity contribution in [1.29, 1.82) is 0 Å². The van der Waals surface area contributed by atoms with Crippen LogP contribution in [0, 0.1) is 11.7 Å². The van der Waals surface area contributed by atoms with Crippen molar-refractivity contribution < 1.29 is 9.18 Å². The number of hydrogen-bond acceptors (Lipinski definition) is 5. The van der Waals surface area contributed by atoms with E-state index >= 15 is 0 Å². The van der Waals surface area contributed by atoms with Crippen LogP contribution < -0.4 is 27.8 Å². The second kappa shape index (κ2) is 9.53. The Labute approximate surface area is 172 Å². The quantitative estimate of drug-likeness (QED) is 0.313. The Bertz CT molecular complexity index is 1080. The number of carbonyl (C=O) groups excluding carboxylic acids is 1. The summed E-state index contributed by atoms with van der Waals surface area (Å²) in [7, 11) is 0. The summed E-state index contributed by atoms with van der Waals surface area (Å²) < 4.78 is 14.6. The van der Waals surface area contributed by atoms with Crippen LogP contribution in [-0.2, 0) is 4.79 Å². The minimum absolute atomic E-state index is 0.00912. The van der Waals surface area contributed by atoms with E-state index in [2.05, 4.69) is 22.3 Å². The molecule has 1 heterocycles. The zero-order valence-corrected chi connectivity index (χ0v) is 16.6. The highest BCUT2D eigenvalue weighted by Crippen LogP contribution is 2.30. The Balaban J connectivity index is 2.08. The first-order valence-corrected chi connectivity index (χ1v) is 9.99. The highest BCUT2D eigenvalue weighted by Gasteiger charge is 2.29. The molecule has 1 aromatic carbocycles. The number of rotatable bonds is 7. The lowest BCUT2D eigenvalue weighted by Gasteiger charge is -2.27. The van der Waals surface area contributed by atoms with Gasteiger partial charge in [0.05, 0.1) is 10.9 Å². The molecule has 160 valence electrons. The first-order chi connectivity index (χ1) is 14.4. The van der Waals surface area contributed by atoms with Gasteiger partial charge in [0.25, 0.3) is 5.56 Å². The van der Waals surface area contributed by atoms with Gasteiger partial charge in [-0.2, -0.15) is 0 Å². The number of H-pyrrole nitrogens is 1. The van der Waals surface area contributed by atoms with Gasteiger partial charge in [0, 0.05) is 0 Å². The number of benzene rings is 1. The van der Waals surface area contributed by atoms with Crippen LogP contribution in [0.3, 0.4) is 0 Å². The summed E-state index contributed by atoms with van der Waals surface area (Å²) in [6, 6.07) is 2.48. The van der Waals surface area contributed by atoms with Crippen molar-refractivity contribution in [2.75, 3.05) is 0 Å². The topological polar surface area (TPSA) is 122 Å². The fourth-order valence-electron chi connectivity index (χ4n) is 4.01. The maximum Gasteiger partial charge on any atom is 0.329 e. The highest BCUT2D eigenvalue weighted by atomic mass is 19.1. The number of hydrazine groups is 1. The largest absolute Gasteiger partial charge is 0.329 e. The van der Waals surface area contributed by atoms with E-state index in [1.165, 1.54) is 18.2 Å². The Morgan fingerprint density at radius 2 is 2.07 bits per heavy atom. The van der Waals surface area contributed by atoms with Gasteiger partial charge in [-0.3, -0.25) is 9.59 Å². The van der Waals surface area contributed by atoms with Crippen LogP contribution in [0.15, 0.2) is 52.3 Å². The molecule has 5 N–H and O–H groups in total. The van der Waals surface area contributed by atoms with Crippen LogP contribution >= 0.6 is 0 Å². The summed E-state index contributed by atoms with van der Waals surface area (Å²) in [5, 5.41) is 2.61. The van der Waals surface area contributed by atoms with Crippen molar-refractivity contribution in [3.8, 4) is 0 Å². The molecule has 2 aromatic rings. The molecule has 1 aliphatic rings. The van der Waals surface area contributed by atoms with Crippen molar-refractivity contribution in [3.05, 3.63) is 69.4 Å².